The third-order valence-corrected chi connectivity index (χ3v) is 3.82. The highest BCUT2D eigenvalue weighted by molar-refractivity contribution is 7.98. The van der Waals surface area contributed by atoms with Gasteiger partial charge in [-0.05, 0) is 37.3 Å². The Balaban J connectivity index is 2.70. The van der Waals surface area contributed by atoms with Crippen molar-refractivity contribution in [3.8, 4) is 0 Å². The molecule has 0 bridgehead atoms. The van der Waals surface area contributed by atoms with Crippen LogP contribution >= 0.6 is 23.4 Å². The zero-order valence-corrected chi connectivity index (χ0v) is 12.2. The van der Waals surface area contributed by atoms with Crippen LogP contribution < -0.4 is 5.32 Å². The maximum atomic E-state index is 13.0. The highest BCUT2D eigenvalue weighted by atomic mass is 35.5. The highest BCUT2D eigenvalue weighted by Gasteiger charge is 2.15. The maximum absolute atomic E-state index is 13.0. The number of halogens is 2. The smallest absolute Gasteiger partial charge is 0.124 e. The summed E-state index contributed by atoms with van der Waals surface area (Å²) >= 11 is 7.75. The summed E-state index contributed by atoms with van der Waals surface area (Å²) in [5.74, 6) is 0.593. The van der Waals surface area contributed by atoms with Crippen LogP contribution in [0.1, 0.15) is 24.9 Å². The zero-order valence-electron chi connectivity index (χ0n) is 10.6. The fourth-order valence-electron chi connectivity index (χ4n) is 1.87. The van der Waals surface area contributed by atoms with Crippen molar-refractivity contribution in [2.75, 3.05) is 18.6 Å². The van der Waals surface area contributed by atoms with E-state index in [1.807, 2.05) is 13.2 Å². The standard InChI is InChI=1S/C13H19ClFNOS/c1-9(16-11(5-6-17)8-18-2)12-4-3-10(15)7-13(12)14/h3-4,7,9,11,16-17H,5-6,8H2,1-2H3/t9-,11+/m0/s1. The fraction of sp³-hybridized carbons (Fsp3) is 0.538. The lowest BCUT2D eigenvalue weighted by atomic mass is 10.1. The summed E-state index contributed by atoms with van der Waals surface area (Å²) in [7, 11) is 0. The number of rotatable bonds is 7. The van der Waals surface area contributed by atoms with E-state index in [1.165, 1.54) is 12.1 Å². The predicted octanol–water partition coefficient (Wildman–Crippen LogP) is 3.24. The molecule has 0 fully saturated rings. The summed E-state index contributed by atoms with van der Waals surface area (Å²) in [6.07, 6.45) is 2.73. The molecule has 0 radical (unpaired) electrons. The van der Waals surface area contributed by atoms with Crippen LogP contribution in [0.2, 0.25) is 5.02 Å². The summed E-state index contributed by atoms with van der Waals surface area (Å²) in [5, 5.41) is 12.9. The molecular weight excluding hydrogens is 273 g/mol. The third-order valence-electron chi connectivity index (χ3n) is 2.76. The second-order valence-electron chi connectivity index (χ2n) is 4.22. The Morgan fingerprint density at radius 3 is 2.78 bits per heavy atom. The van der Waals surface area contributed by atoms with Gasteiger partial charge in [0.25, 0.3) is 0 Å². The van der Waals surface area contributed by atoms with E-state index in [9.17, 15) is 4.39 Å². The van der Waals surface area contributed by atoms with Crippen LogP contribution in [0.3, 0.4) is 0 Å². The van der Waals surface area contributed by atoms with Gasteiger partial charge >= 0.3 is 0 Å². The minimum atomic E-state index is -0.327. The van der Waals surface area contributed by atoms with Crippen molar-refractivity contribution in [3.63, 3.8) is 0 Å². The summed E-state index contributed by atoms with van der Waals surface area (Å²) in [6.45, 7) is 2.14. The lowest BCUT2D eigenvalue weighted by Crippen LogP contribution is -2.34. The summed E-state index contributed by atoms with van der Waals surface area (Å²) in [5.41, 5.74) is 0.877. The van der Waals surface area contributed by atoms with Crippen molar-refractivity contribution < 1.29 is 9.50 Å². The second-order valence-corrected chi connectivity index (χ2v) is 5.54. The summed E-state index contributed by atoms with van der Waals surface area (Å²) < 4.78 is 13.0. The van der Waals surface area contributed by atoms with Gasteiger partial charge in [0.1, 0.15) is 5.82 Å². The predicted molar refractivity (Wildman–Crippen MR) is 76.8 cm³/mol. The average molecular weight is 292 g/mol. The zero-order chi connectivity index (χ0) is 13.5. The molecule has 0 heterocycles. The van der Waals surface area contributed by atoms with E-state index in [0.29, 0.717) is 11.4 Å². The van der Waals surface area contributed by atoms with Crippen molar-refractivity contribution in [1.82, 2.24) is 5.32 Å². The Kier molecular flexibility index (Phi) is 7.00. The number of nitrogens with one attached hydrogen (secondary N) is 1. The number of benzene rings is 1. The largest absolute Gasteiger partial charge is 0.396 e. The molecule has 0 aliphatic rings. The van der Waals surface area contributed by atoms with Gasteiger partial charge < -0.3 is 10.4 Å². The van der Waals surface area contributed by atoms with E-state index in [1.54, 1.807) is 17.8 Å². The first-order valence-electron chi connectivity index (χ1n) is 5.89. The summed E-state index contributed by atoms with van der Waals surface area (Å²) in [6, 6.07) is 4.69. The van der Waals surface area contributed by atoms with Crippen molar-refractivity contribution in [1.29, 1.82) is 0 Å². The molecule has 0 aliphatic heterocycles. The Bertz CT molecular complexity index is 372. The molecule has 102 valence electrons. The molecule has 1 aromatic carbocycles. The van der Waals surface area contributed by atoms with Crippen LogP contribution in [-0.4, -0.2) is 29.8 Å². The molecular formula is C13H19ClFNOS. The van der Waals surface area contributed by atoms with Gasteiger partial charge in [-0.1, -0.05) is 17.7 Å². The van der Waals surface area contributed by atoms with Crippen LogP contribution in [0.15, 0.2) is 18.2 Å². The molecule has 0 aromatic heterocycles. The Morgan fingerprint density at radius 2 is 2.22 bits per heavy atom. The number of aliphatic hydroxyl groups excluding tert-OH is 1. The number of aliphatic hydroxyl groups is 1. The van der Waals surface area contributed by atoms with E-state index < -0.39 is 0 Å². The van der Waals surface area contributed by atoms with Crippen LogP contribution in [0.4, 0.5) is 4.39 Å². The van der Waals surface area contributed by atoms with Gasteiger partial charge in [0.15, 0.2) is 0 Å². The SMILES string of the molecule is CSC[C@@H](CCO)N[C@@H](C)c1ccc(F)cc1Cl. The third kappa shape index (κ3) is 4.76. The lowest BCUT2D eigenvalue weighted by Gasteiger charge is -2.23. The van der Waals surface area contributed by atoms with Gasteiger partial charge in [0, 0.05) is 29.5 Å². The summed E-state index contributed by atoms with van der Waals surface area (Å²) in [4.78, 5) is 0. The van der Waals surface area contributed by atoms with Crippen LogP contribution in [-0.2, 0) is 0 Å². The molecule has 0 saturated carbocycles. The molecule has 2 atom stereocenters. The molecule has 18 heavy (non-hydrogen) atoms. The van der Waals surface area contributed by atoms with Gasteiger partial charge in [0.05, 0.1) is 0 Å². The van der Waals surface area contributed by atoms with Crippen molar-refractivity contribution >= 4 is 23.4 Å². The molecule has 0 saturated heterocycles. The van der Waals surface area contributed by atoms with Crippen molar-refractivity contribution in [2.24, 2.45) is 0 Å². The van der Waals surface area contributed by atoms with Crippen LogP contribution in [0.5, 0.6) is 0 Å². The van der Waals surface area contributed by atoms with E-state index in [2.05, 4.69) is 5.32 Å². The van der Waals surface area contributed by atoms with Crippen molar-refractivity contribution in [2.45, 2.75) is 25.4 Å². The fourth-order valence-corrected chi connectivity index (χ4v) is 2.86. The first-order chi connectivity index (χ1) is 8.58. The first kappa shape index (κ1) is 15.8. The molecule has 0 aliphatic carbocycles. The lowest BCUT2D eigenvalue weighted by molar-refractivity contribution is 0.265. The molecule has 0 amide bonds. The van der Waals surface area contributed by atoms with Crippen LogP contribution in [0.25, 0.3) is 0 Å². The quantitative estimate of drug-likeness (QED) is 0.809. The molecule has 5 heteroatoms. The van der Waals surface area contributed by atoms with E-state index >= 15 is 0 Å². The Morgan fingerprint density at radius 1 is 1.50 bits per heavy atom. The Labute approximate surface area is 117 Å². The van der Waals surface area contributed by atoms with E-state index in [-0.39, 0.29) is 24.5 Å². The number of thioether (sulfide) groups is 1. The monoisotopic (exact) mass is 291 g/mol. The average Bonchev–Trinajstić information content (AvgIpc) is 2.29. The Hall–Kier alpha value is -0.290. The van der Waals surface area contributed by atoms with Gasteiger partial charge in [-0.2, -0.15) is 11.8 Å². The van der Waals surface area contributed by atoms with Gasteiger partial charge in [-0.15, -0.1) is 0 Å². The molecule has 2 nitrogen and oxygen atoms in total. The van der Waals surface area contributed by atoms with E-state index in [4.69, 9.17) is 16.7 Å². The van der Waals surface area contributed by atoms with Gasteiger partial charge in [-0.25, -0.2) is 4.39 Å². The molecule has 0 unspecified atom stereocenters. The minimum Gasteiger partial charge on any atom is -0.396 e. The number of hydrogen-bond acceptors (Lipinski definition) is 3. The van der Waals surface area contributed by atoms with Crippen molar-refractivity contribution in [3.05, 3.63) is 34.6 Å². The van der Waals surface area contributed by atoms with Crippen LogP contribution in [0, 0.1) is 5.82 Å². The second kappa shape index (κ2) is 8.00. The molecule has 0 spiro atoms. The first-order valence-corrected chi connectivity index (χ1v) is 7.66. The normalized spacial score (nSPS) is 14.5. The number of hydrogen-bond donors (Lipinski definition) is 2. The topological polar surface area (TPSA) is 32.3 Å². The molecule has 1 rings (SSSR count). The highest BCUT2D eigenvalue weighted by Crippen LogP contribution is 2.24. The maximum Gasteiger partial charge on any atom is 0.124 e. The van der Waals surface area contributed by atoms with Gasteiger partial charge in [-0.3, -0.25) is 0 Å². The van der Waals surface area contributed by atoms with E-state index in [0.717, 1.165) is 11.3 Å². The molecule has 2 N–H and O–H groups in total. The van der Waals surface area contributed by atoms with Gasteiger partial charge in [0.2, 0.25) is 0 Å². The minimum absolute atomic E-state index is 0.0294. The molecule has 1 aromatic rings.